The zero-order valence-electron chi connectivity index (χ0n) is 17.4. The van der Waals surface area contributed by atoms with E-state index >= 15 is 0 Å². The molecule has 5 nitrogen and oxygen atoms in total. The summed E-state index contributed by atoms with van der Waals surface area (Å²) in [6.45, 7) is 10.1. The normalized spacial score (nSPS) is 14.3. The summed E-state index contributed by atoms with van der Waals surface area (Å²) in [5.74, 6) is -0.634. The molecule has 0 aromatic heterocycles. The van der Waals surface area contributed by atoms with Crippen LogP contribution in [0.25, 0.3) is 0 Å². The highest BCUT2D eigenvalue weighted by Crippen LogP contribution is 2.31. The van der Waals surface area contributed by atoms with Crippen molar-refractivity contribution in [1.82, 2.24) is 4.72 Å². The lowest BCUT2D eigenvalue weighted by molar-refractivity contribution is -0.145. The van der Waals surface area contributed by atoms with Crippen LogP contribution in [-0.2, 0) is 25.0 Å². The summed E-state index contributed by atoms with van der Waals surface area (Å²) >= 11 is 3.51. The van der Waals surface area contributed by atoms with E-state index in [9.17, 15) is 13.2 Å². The topological polar surface area (TPSA) is 72.5 Å². The van der Waals surface area contributed by atoms with E-state index in [1.165, 1.54) is 12.1 Å². The number of rotatable bonds is 7. The summed E-state index contributed by atoms with van der Waals surface area (Å²) in [6.07, 6.45) is 0. The number of halogens is 1. The van der Waals surface area contributed by atoms with Crippen molar-refractivity contribution in [2.24, 2.45) is 0 Å². The highest BCUT2D eigenvalue weighted by Gasteiger charge is 2.33. The van der Waals surface area contributed by atoms with E-state index in [4.69, 9.17) is 4.74 Å². The minimum absolute atomic E-state index is 0.00604. The van der Waals surface area contributed by atoms with Crippen molar-refractivity contribution in [1.29, 1.82) is 0 Å². The van der Waals surface area contributed by atoms with Crippen LogP contribution in [-0.4, -0.2) is 27.0 Å². The lowest BCUT2D eigenvalue weighted by atomic mass is 9.86. The van der Waals surface area contributed by atoms with Crippen LogP contribution in [0.5, 0.6) is 0 Å². The summed E-state index contributed by atoms with van der Waals surface area (Å²) in [4.78, 5) is 12.1. The molecule has 0 spiro atoms. The Morgan fingerprint density at radius 1 is 1.07 bits per heavy atom. The van der Waals surface area contributed by atoms with Crippen molar-refractivity contribution in [3.8, 4) is 0 Å². The van der Waals surface area contributed by atoms with Crippen molar-refractivity contribution in [2.45, 2.75) is 55.8 Å². The van der Waals surface area contributed by atoms with Gasteiger partial charge in [-0.3, -0.25) is 4.79 Å². The molecule has 7 heteroatoms. The zero-order chi connectivity index (χ0) is 21.8. The number of esters is 1. The average Bonchev–Trinajstić information content (AvgIpc) is 2.65. The number of sulfonamides is 1. The Kier molecular flexibility index (Phi) is 7.65. The smallest absolute Gasteiger partial charge is 0.325 e. The van der Waals surface area contributed by atoms with Crippen LogP contribution in [0, 0.1) is 6.92 Å². The van der Waals surface area contributed by atoms with Crippen LogP contribution in [0.2, 0.25) is 0 Å². The van der Waals surface area contributed by atoms with Gasteiger partial charge in [-0.2, -0.15) is 4.72 Å². The lowest BCUT2D eigenvalue weighted by Gasteiger charge is -2.24. The van der Waals surface area contributed by atoms with Crippen LogP contribution in [0.15, 0.2) is 53.4 Å². The number of nitrogens with one attached hydrogen (secondary N) is 1. The number of hydrogen-bond acceptors (Lipinski definition) is 4. The Labute approximate surface area is 182 Å². The summed E-state index contributed by atoms with van der Waals surface area (Å²) in [5, 5.41) is 0. The van der Waals surface area contributed by atoms with Crippen molar-refractivity contribution in [3.63, 3.8) is 0 Å². The number of benzene rings is 2. The maximum absolute atomic E-state index is 12.8. The van der Waals surface area contributed by atoms with Crippen molar-refractivity contribution >= 4 is 31.9 Å². The van der Waals surface area contributed by atoms with Gasteiger partial charge in [0.05, 0.1) is 16.3 Å². The predicted octanol–water partition coefficient (Wildman–Crippen LogP) is 4.64. The Morgan fingerprint density at radius 3 is 2.10 bits per heavy atom. The molecule has 0 saturated carbocycles. The number of hydrogen-bond donors (Lipinski definition) is 1. The van der Waals surface area contributed by atoms with Crippen LogP contribution >= 0.6 is 15.9 Å². The third-order valence-corrected chi connectivity index (χ3v) is 7.06. The second kappa shape index (κ2) is 9.41. The van der Waals surface area contributed by atoms with Crippen LogP contribution in [0.1, 0.15) is 49.2 Å². The molecule has 0 saturated heterocycles. The molecule has 2 aromatic carbocycles. The van der Waals surface area contributed by atoms with Gasteiger partial charge in [0.25, 0.3) is 0 Å². The quantitative estimate of drug-likeness (QED) is 0.461. The third-order valence-electron chi connectivity index (χ3n) is 4.54. The van der Waals surface area contributed by atoms with Gasteiger partial charge in [-0.05, 0) is 42.5 Å². The monoisotopic (exact) mass is 481 g/mol. The number of ether oxygens (including phenoxy) is 1. The van der Waals surface area contributed by atoms with Gasteiger partial charge in [-0.1, -0.05) is 78.7 Å². The van der Waals surface area contributed by atoms with Crippen molar-refractivity contribution < 1.29 is 17.9 Å². The molecule has 0 aliphatic carbocycles. The molecule has 2 aromatic rings. The van der Waals surface area contributed by atoms with E-state index < -0.39 is 26.9 Å². The van der Waals surface area contributed by atoms with E-state index in [0.717, 1.165) is 16.7 Å². The first-order chi connectivity index (χ1) is 13.5. The molecule has 2 unspecified atom stereocenters. The molecule has 158 valence electrons. The number of alkyl halides is 1. The van der Waals surface area contributed by atoms with E-state index in [0.29, 0.717) is 0 Å². The van der Waals surface area contributed by atoms with E-state index in [1.807, 2.05) is 31.2 Å². The van der Waals surface area contributed by atoms with Gasteiger partial charge < -0.3 is 4.74 Å². The summed E-state index contributed by atoms with van der Waals surface area (Å²) in [6, 6.07) is 13.1. The molecule has 0 bridgehead atoms. The highest BCUT2D eigenvalue weighted by molar-refractivity contribution is 9.09. The molecule has 29 heavy (non-hydrogen) atoms. The molecule has 0 aliphatic rings. The van der Waals surface area contributed by atoms with Gasteiger partial charge in [0.1, 0.15) is 6.04 Å². The minimum Gasteiger partial charge on any atom is -0.465 e. The number of carbonyl (C=O) groups is 1. The molecule has 0 heterocycles. The molecular weight excluding hydrogens is 454 g/mol. The molecule has 1 N–H and O–H groups in total. The Balaban J connectivity index is 2.34. The first kappa shape index (κ1) is 23.6. The fourth-order valence-electron chi connectivity index (χ4n) is 2.77. The average molecular weight is 482 g/mol. The highest BCUT2D eigenvalue weighted by atomic mass is 79.9. The van der Waals surface area contributed by atoms with Gasteiger partial charge in [-0.15, -0.1) is 0 Å². The molecular formula is C22H28BrNO4S. The molecule has 0 aliphatic heterocycles. The molecule has 2 rings (SSSR count). The molecule has 0 amide bonds. The van der Waals surface area contributed by atoms with E-state index in [2.05, 4.69) is 41.4 Å². The second-order valence-electron chi connectivity index (χ2n) is 7.94. The van der Waals surface area contributed by atoms with E-state index in [-0.39, 0.29) is 16.9 Å². The van der Waals surface area contributed by atoms with Crippen LogP contribution in [0.4, 0.5) is 0 Å². The Morgan fingerprint density at radius 2 is 1.62 bits per heavy atom. The van der Waals surface area contributed by atoms with Gasteiger partial charge >= 0.3 is 5.97 Å². The molecule has 0 fully saturated rings. The predicted molar refractivity (Wildman–Crippen MR) is 119 cm³/mol. The van der Waals surface area contributed by atoms with Gasteiger partial charge in [0.15, 0.2) is 0 Å². The molecule has 0 radical (unpaired) electrons. The minimum atomic E-state index is -3.90. The summed E-state index contributed by atoms with van der Waals surface area (Å²) in [5.41, 5.74) is 2.87. The summed E-state index contributed by atoms with van der Waals surface area (Å²) < 4.78 is 33.3. The fourth-order valence-corrected chi connectivity index (χ4v) is 4.80. The Bertz CT molecular complexity index is 932. The van der Waals surface area contributed by atoms with E-state index in [1.54, 1.807) is 19.1 Å². The largest absolute Gasteiger partial charge is 0.465 e. The summed E-state index contributed by atoms with van der Waals surface area (Å²) in [7, 11) is -3.90. The van der Waals surface area contributed by atoms with Crippen LogP contribution in [0.3, 0.4) is 0 Å². The Hall–Kier alpha value is -1.70. The standard InChI is InChI=1S/C22H28BrNO4S/c1-6-28-21(25)20(24-29(26,27)18-13-7-15(2)8-14-18)19(23)16-9-11-17(12-10-16)22(3,4)5/h7-14,19-20,24H,6H2,1-5H3. The zero-order valence-corrected chi connectivity index (χ0v) is 19.8. The van der Waals surface area contributed by atoms with Gasteiger partial charge in [-0.25, -0.2) is 8.42 Å². The lowest BCUT2D eigenvalue weighted by Crippen LogP contribution is -2.44. The maximum Gasteiger partial charge on any atom is 0.325 e. The number of carbonyl (C=O) groups excluding carboxylic acids is 1. The third kappa shape index (κ3) is 6.14. The SMILES string of the molecule is CCOC(=O)C(NS(=O)(=O)c1ccc(C)cc1)C(Br)c1ccc(C(C)(C)C)cc1. The van der Waals surface area contributed by atoms with Gasteiger partial charge in [0.2, 0.25) is 10.0 Å². The number of aryl methyl sites for hydroxylation is 1. The second-order valence-corrected chi connectivity index (χ2v) is 10.6. The molecule has 2 atom stereocenters. The first-order valence-corrected chi connectivity index (χ1v) is 11.9. The first-order valence-electron chi connectivity index (χ1n) is 9.46. The maximum atomic E-state index is 12.8. The fraction of sp³-hybridized carbons (Fsp3) is 0.409. The van der Waals surface area contributed by atoms with Crippen molar-refractivity contribution in [3.05, 3.63) is 65.2 Å². The van der Waals surface area contributed by atoms with Crippen LogP contribution < -0.4 is 4.72 Å². The van der Waals surface area contributed by atoms with Crippen molar-refractivity contribution in [2.75, 3.05) is 6.61 Å². The van der Waals surface area contributed by atoms with Gasteiger partial charge in [0, 0.05) is 0 Å².